The van der Waals surface area contributed by atoms with Crippen LogP contribution in [0.15, 0.2) is 18.2 Å². The van der Waals surface area contributed by atoms with Crippen molar-refractivity contribution < 1.29 is 4.74 Å². The van der Waals surface area contributed by atoms with Crippen LogP contribution in [-0.4, -0.2) is 20.3 Å². The van der Waals surface area contributed by atoms with E-state index < -0.39 is 0 Å². The number of rotatable bonds is 7. The molecule has 1 saturated carbocycles. The molecule has 0 aliphatic heterocycles. The first-order valence-corrected chi connectivity index (χ1v) is 7.04. The molecule has 4 heteroatoms. The highest BCUT2D eigenvalue weighted by atomic mass is 35.5. The van der Waals surface area contributed by atoms with Crippen molar-refractivity contribution in [2.75, 3.05) is 20.3 Å². The fourth-order valence-electron chi connectivity index (χ4n) is 2.13. The molecule has 100 valence electrons. The topological polar surface area (TPSA) is 21.3 Å². The van der Waals surface area contributed by atoms with E-state index in [1.165, 1.54) is 18.4 Å². The summed E-state index contributed by atoms with van der Waals surface area (Å²) in [4.78, 5) is 0. The van der Waals surface area contributed by atoms with Crippen LogP contribution in [-0.2, 0) is 11.3 Å². The molecule has 1 fully saturated rings. The second-order valence-corrected chi connectivity index (χ2v) is 5.91. The van der Waals surface area contributed by atoms with Crippen molar-refractivity contribution in [3.05, 3.63) is 33.8 Å². The van der Waals surface area contributed by atoms with Crippen LogP contribution in [0.5, 0.6) is 0 Å². The van der Waals surface area contributed by atoms with Gasteiger partial charge >= 0.3 is 0 Å². The Morgan fingerprint density at radius 3 is 2.67 bits per heavy atom. The molecule has 18 heavy (non-hydrogen) atoms. The molecule has 0 radical (unpaired) electrons. The lowest BCUT2D eigenvalue weighted by Crippen LogP contribution is -2.24. The van der Waals surface area contributed by atoms with Gasteiger partial charge in [-0.3, -0.25) is 0 Å². The fraction of sp³-hybridized carbons (Fsp3) is 0.571. The number of ether oxygens (including phenoxy) is 1. The number of methoxy groups -OCH3 is 1. The normalized spacial score (nSPS) is 16.8. The van der Waals surface area contributed by atoms with Crippen molar-refractivity contribution in [2.45, 2.75) is 25.8 Å². The zero-order chi connectivity index (χ0) is 13.0. The smallest absolute Gasteiger partial charge is 0.0595 e. The van der Waals surface area contributed by atoms with Gasteiger partial charge in [0, 0.05) is 26.8 Å². The zero-order valence-electron chi connectivity index (χ0n) is 10.6. The Bertz CT molecular complexity index is 405. The lowest BCUT2D eigenvalue weighted by molar-refractivity contribution is 0.171. The summed E-state index contributed by atoms with van der Waals surface area (Å²) in [5, 5.41) is 4.73. The van der Waals surface area contributed by atoms with Gasteiger partial charge in [0.25, 0.3) is 0 Å². The van der Waals surface area contributed by atoms with E-state index in [-0.39, 0.29) is 0 Å². The van der Waals surface area contributed by atoms with Gasteiger partial charge in [0.15, 0.2) is 0 Å². The van der Waals surface area contributed by atoms with Crippen molar-refractivity contribution in [3.63, 3.8) is 0 Å². The van der Waals surface area contributed by atoms with Gasteiger partial charge in [-0.15, -0.1) is 0 Å². The van der Waals surface area contributed by atoms with E-state index in [1.807, 2.05) is 18.2 Å². The van der Waals surface area contributed by atoms with Crippen molar-refractivity contribution in [1.29, 1.82) is 0 Å². The third-order valence-corrected chi connectivity index (χ3v) is 4.35. The minimum atomic E-state index is 0.478. The Hall–Kier alpha value is -0.280. The van der Waals surface area contributed by atoms with E-state index in [1.54, 1.807) is 7.11 Å². The number of halogens is 2. The number of hydrogen-bond donors (Lipinski definition) is 1. The molecule has 1 aliphatic carbocycles. The molecule has 0 bridgehead atoms. The van der Waals surface area contributed by atoms with E-state index in [0.717, 1.165) is 26.1 Å². The molecule has 0 unspecified atom stereocenters. The van der Waals surface area contributed by atoms with Crippen LogP contribution in [0.25, 0.3) is 0 Å². The van der Waals surface area contributed by atoms with E-state index >= 15 is 0 Å². The van der Waals surface area contributed by atoms with Gasteiger partial charge < -0.3 is 10.1 Å². The van der Waals surface area contributed by atoms with Gasteiger partial charge in [0.1, 0.15) is 0 Å². The summed E-state index contributed by atoms with van der Waals surface area (Å²) in [6, 6.07) is 5.78. The van der Waals surface area contributed by atoms with Crippen LogP contribution in [0, 0.1) is 5.41 Å². The standard InChI is InChI=1S/C14H19Cl2NO/c1-18-7-6-14(4-5-14)10-17-9-11-2-3-12(15)13(16)8-11/h2-3,8,17H,4-7,9-10H2,1H3. The predicted octanol–water partition coefficient (Wildman–Crippen LogP) is 3.90. The Morgan fingerprint density at radius 2 is 2.06 bits per heavy atom. The average Bonchev–Trinajstić information content (AvgIpc) is 3.12. The third kappa shape index (κ3) is 3.86. The first-order chi connectivity index (χ1) is 8.65. The summed E-state index contributed by atoms with van der Waals surface area (Å²) in [7, 11) is 1.76. The largest absolute Gasteiger partial charge is 0.385 e. The average molecular weight is 288 g/mol. The van der Waals surface area contributed by atoms with Crippen molar-refractivity contribution in [2.24, 2.45) is 5.41 Å². The lowest BCUT2D eigenvalue weighted by Gasteiger charge is -2.15. The fourth-order valence-corrected chi connectivity index (χ4v) is 2.45. The second-order valence-electron chi connectivity index (χ2n) is 5.09. The maximum atomic E-state index is 5.99. The molecular formula is C14H19Cl2NO. The summed E-state index contributed by atoms with van der Waals surface area (Å²) in [6.45, 7) is 2.75. The minimum Gasteiger partial charge on any atom is -0.385 e. The van der Waals surface area contributed by atoms with Gasteiger partial charge in [-0.1, -0.05) is 29.3 Å². The van der Waals surface area contributed by atoms with Gasteiger partial charge in [-0.2, -0.15) is 0 Å². The summed E-state index contributed by atoms with van der Waals surface area (Å²) in [5.41, 5.74) is 1.65. The Morgan fingerprint density at radius 1 is 1.28 bits per heavy atom. The minimum absolute atomic E-state index is 0.478. The SMILES string of the molecule is COCCC1(CNCc2ccc(Cl)c(Cl)c2)CC1. The van der Waals surface area contributed by atoms with Crippen LogP contribution < -0.4 is 5.32 Å². The molecule has 2 nitrogen and oxygen atoms in total. The Kier molecular flexibility index (Phi) is 4.91. The highest BCUT2D eigenvalue weighted by Gasteiger charge is 2.41. The molecule has 0 amide bonds. The maximum Gasteiger partial charge on any atom is 0.0595 e. The second kappa shape index (κ2) is 6.25. The van der Waals surface area contributed by atoms with E-state index in [4.69, 9.17) is 27.9 Å². The Labute approximate surface area is 119 Å². The van der Waals surface area contributed by atoms with Crippen LogP contribution in [0.1, 0.15) is 24.8 Å². The molecule has 0 aromatic heterocycles. The van der Waals surface area contributed by atoms with Crippen molar-refractivity contribution >= 4 is 23.2 Å². The maximum absolute atomic E-state index is 5.99. The van der Waals surface area contributed by atoms with Gasteiger partial charge in [-0.25, -0.2) is 0 Å². The predicted molar refractivity (Wildman–Crippen MR) is 76.3 cm³/mol. The summed E-state index contributed by atoms with van der Waals surface area (Å²) < 4.78 is 5.15. The first kappa shape index (κ1) is 14.1. The summed E-state index contributed by atoms with van der Waals surface area (Å²) in [6.07, 6.45) is 3.77. The monoisotopic (exact) mass is 287 g/mol. The van der Waals surface area contributed by atoms with Crippen LogP contribution in [0.4, 0.5) is 0 Å². The number of benzene rings is 1. The van der Waals surface area contributed by atoms with E-state index in [0.29, 0.717) is 15.5 Å². The van der Waals surface area contributed by atoms with Crippen molar-refractivity contribution in [3.8, 4) is 0 Å². The molecule has 0 heterocycles. The Balaban J connectivity index is 1.76. The van der Waals surface area contributed by atoms with Gasteiger partial charge in [0.2, 0.25) is 0 Å². The molecule has 1 N–H and O–H groups in total. The highest BCUT2D eigenvalue weighted by molar-refractivity contribution is 6.42. The molecule has 1 aromatic carbocycles. The quantitative estimate of drug-likeness (QED) is 0.821. The number of nitrogens with one attached hydrogen (secondary N) is 1. The van der Waals surface area contributed by atoms with Crippen LogP contribution in [0.3, 0.4) is 0 Å². The zero-order valence-corrected chi connectivity index (χ0v) is 12.2. The molecule has 1 aliphatic rings. The highest BCUT2D eigenvalue weighted by Crippen LogP contribution is 2.48. The molecule has 0 atom stereocenters. The molecule has 0 spiro atoms. The molecular weight excluding hydrogens is 269 g/mol. The van der Waals surface area contributed by atoms with Gasteiger partial charge in [-0.05, 0) is 42.4 Å². The van der Waals surface area contributed by atoms with E-state index in [9.17, 15) is 0 Å². The van der Waals surface area contributed by atoms with Crippen LogP contribution >= 0.6 is 23.2 Å². The molecule has 1 aromatic rings. The van der Waals surface area contributed by atoms with E-state index in [2.05, 4.69) is 5.32 Å². The lowest BCUT2D eigenvalue weighted by atomic mass is 10.0. The summed E-state index contributed by atoms with van der Waals surface area (Å²) in [5.74, 6) is 0. The van der Waals surface area contributed by atoms with Crippen LogP contribution in [0.2, 0.25) is 10.0 Å². The van der Waals surface area contributed by atoms with Gasteiger partial charge in [0.05, 0.1) is 10.0 Å². The third-order valence-electron chi connectivity index (χ3n) is 3.61. The first-order valence-electron chi connectivity index (χ1n) is 6.29. The number of hydrogen-bond acceptors (Lipinski definition) is 2. The molecule has 0 saturated heterocycles. The molecule has 2 rings (SSSR count). The van der Waals surface area contributed by atoms with Crippen molar-refractivity contribution in [1.82, 2.24) is 5.32 Å². The summed E-state index contributed by atoms with van der Waals surface area (Å²) >= 11 is 11.9.